The number of fused-ring (bicyclic) bond motifs is 1. The molecule has 4 heteroatoms. The molecule has 2 N–H and O–H groups in total. The van der Waals surface area contributed by atoms with E-state index >= 15 is 0 Å². The zero-order valence-electron chi connectivity index (χ0n) is 21.6. The van der Waals surface area contributed by atoms with Gasteiger partial charge in [-0.1, -0.05) is 66.5 Å². The number of hydrogen-bond acceptors (Lipinski definition) is 4. The molecule has 1 aliphatic carbocycles. The summed E-state index contributed by atoms with van der Waals surface area (Å²) in [4.78, 5) is 0. The lowest BCUT2D eigenvalue weighted by Gasteiger charge is -2.37. The van der Waals surface area contributed by atoms with Crippen molar-refractivity contribution in [1.29, 1.82) is 0 Å². The molecule has 4 atom stereocenters. The number of hydrazine groups is 1. The number of anilines is 2. The molecule has 1 aliphatic heterocycles. The summed E-state index contributed by atoms with van der Waals surface area (Å²) in [6, 6.07) is 7.95. The molecule has 0 radical (unpaired) electrons. The van der Waals surface area contributed by atoms with E-state index in [4.69, 9.17) is 0 Å². The lowest BCUT2D eigenvalue weighted by molar-refractivity contribution is 0.136. The summed E-state index contributed by atoms with van der Waals surface area (Å²) in [5.41, 5.74) is 4.61. The first-order valence-corrected chi connectivity index (χ1v) is 13.0. The molecule has 2 aliphatic rings. The van der Waals surface area contributed by atoms with Crippen molar-refractivity contribution < 1.29 is 0 Å². The third kappa shape index (κ3) is 6.21. The van der Waals surface area contributed by atoms with Crippen molar-refractivity contribution in [3.05, 3.63) is 36.5 Å². The van der Waals surface area contributed by atoms with Gasteiger partial charge in [-0.15, -0.1) is 0 Å². The van der Waals surface area contributed by atoms with E-state index in [-0.39, 0.29) is 0 Å². The molecule has 0 amide bonds. The van der Waals surface area contributed by atoms with Gasteiger partial charge in [0.1, 0.15) is 0 Å². The van der Waals surface area contributed by atoms with Crippen LogP contribution in [0.1, 0.15) is 85.1 Å². The van der Waals surface area contributed by atoms with E-state index in [0.717, 1.165) is 19.0 Å². The van der Waals surface area contributed by atoms with Crippen molar-refractivity contribution in [1.82, 2.24) is 10.3 Å². The summed E-state index contributed by atoms with van der Waals surface area (Å²) in [6.07, 6.45) is 10.9. The van der Waals surface area contributed by atoms with Crippen molar-refractivity contribution in [3.63, 3.8) is 0 Å². The molecule has 1 aromatic rings. The Hall–Kier alpha value is -1.68. The molecule has 1 aromatic carbocycles. The zero-order valence-corrected chi connectivity index (χ0v) is 21.6. The molecule has 1 fully saturated rings. The fourth-order valence-electron chi connectivity index (χ4n) is 6.05. The van der Waals surface area contributed by atoms with Gasteiger partial charge < -0.3 is 15.6 Å². The van der Waals surface area contributed by atoms with Crippen LogP contribution < -0.4 is 15.6 Å². The van der Waals surface area contributed by atoms with Gasteiger partial charge >= 0.3 is 0 Å². The molecule has 4 unspecified atom stereocenters. The molecule has 1 heterocycles. The van der Waals surface area contributed by atoms with E-state index in [2.05, 4.69) is 87.1 Å². The maximum absolute atomic E-state index is 3.99. The largest absolute Gasteiger partial charge is 0.391 e. The fourth-order valence-corrected chi connectivity index (χ4v) is 6.05. The first kappa shape index (κ1) is 25.0. The molecule has 0 spiro atoms. The van der Waals surface area contributed by atoms with Crippen LogP contribution in [0.5, 0.6) is 0 Å². The highest BCUT2D eigenvalue weighted by Gasteiger charge is 2.34. The Labute approximate surface area is 197 Å². The van der Waals surface area contributed by atoms with Crippen LogP contribution in [0, 0.1) is 17.3 Å². The smallest absolute Gasteiger partial charge is 0.0585 e. The van der Waals surface area contributed by atoms with E-state index in [1.807, 2.05) is 6.20 Å². The summed E-state index contributed by atoms with van der Waals surface area (Å²) < 4.78 is 0. The lowest BCUT2D eigenvalue weighted by Crippen LogP contribution is -2.47. The summed E-state index contributed by atoms with van der Waals surface area (Å²) in [5, 5.41) is 12.3. The molecule has 0 bridgehead atoms. The highest BCUT2D eigenvalue weighted by molar-refractivity contribution is 5.68. The first-order chi connectivity index (χ1) is 15.2. The predicted molar refractivity (Wildman–Crippen MR) is 140 cm³/mol. The third-order valence-corrected chi connectivity index (χ3v) is 7.46. The highest BCUT2D eigenvalue weighted by Crippen LogP contribution is 2.40. The van der Waals surface area contributed by atoms with Gasteiger partial charge in [-0.05, 0) is 61.3 Å². The first-order valence-electron chi connectivity index (χ1n) is 13.0. The van der Waals surface area contributed by atoms with Gasteiger partial charge in [0.05, 0.1) is 5.69 Å². The third-order valence-electron chi connectivity index (χ3n) is 7.46. The van der Waals surface area contributed by atoms with Crippen LogP contribution >= 0.6 is 0 Å². The number of nitrogens with one attached hydrogen (secondary N) is 2. The zero-order chi connectivity index (χ0) is 23.3. The van der Waals surface area contributed by atoms with Crippen molar-refractivity contribution in [2.24, 2.45) is 17.3 Å². The van der Waals surface area contributed by atoms with E-state index in [0.29, 0.717) is 23.4 Å². The molecule has 180 valence electrons. The Bertz CT molecular complexity index is 737. The Morgan fingerprint density at radius 2 is 2.03 bits per heavy atom. The molecule has 32 heavy (non-hydrogen) atoms. The van der Waals surface area contributed by atoms with Gasteiger partial charge in [-0.25, -0.2) is 5.01 Å². The van der Waals surface area contributed by atoms with Crippen molar-refractivity contribution >= 4 is 11.4 Å². The summed E-state index contributed by atoms with van der Waals surface area (Å²) in [5.74, 6) is 1.40. The van der Waals surface area contributed by atoms with Gasteiger partial charge in [-0.2, -0.15) is 0 Å². The summed E-state index contributed by atoms with van der Waals surface area (Å²) >= 11 is 0. The molecule has 0 saturated heterocycles. The van der Waals surface area contributed by atoms with Crippen LogP contribution in [0.2, 0.25) is 0 Å². The minimum atomic E-state index is 0.426. The van der Waals surface area contributed by atoms with Gasteiger partial charge in [0.2, 0.25) is 0 Å². The summed E-state index contributed by atoms with van der Waals surface area (Å²) in [7, 11) is 2.24. The highest BCUT2D eigenvalue weighted by atomic mass is 15.6. The Balaban J connectivity index is 1.73. The van der Waals surface area contributed by atoms with Crippen LogP contribution in [0.25, 0.3) is 0 Å². The topological polar surface area (TPSA) is 30.5 Å². The second-order valence-corrected chi connectivity index (χ2v) is 11.5. The molecule has 4 nitrogen and oxygen atoms in total. The monoisotopic (exact) mass is 440 g/mol. The average molecular weight is 441 g/mol. The second-order valence-electron chi connectivity index (χ2n) is 11.5. The number of rotatable bonds is 10. The quantitative estimate of drug-likeness (QED) is 0.419. The van der Waals surface area contributed by atoms with E-state index < -0.39 is 0 Å². The molecule has 0 aromatic heterocycles. The van der Waals surface area contributed by atoms with E-state index in [1.54, 1.807) is 0 Å². The van der Waals surface area contributed by atoms with Gasteiger partial charge in [-0.3, -0.25) is 0 Å². The van der Waals surface area contributed by atoms with E-state index in [1.165, 1.54) is 61.9 Å². The second kappa shape index (κ2) is 11.0. The van der Waals surface area contributed by atoms with Crippen molar-refractivity contribution in [2.75, 3.05) is 23.9 Å². The minimum Gasteiger partial charge on any atom is -0.391 e. The van der Waals surface area contributed by atoms with Crippen LogP contribution in [-0.4, -0.2) is 30.7 Å². The fraction of sp³-hybridized carbons (Fsp3) is 0.714. The Morgan fingerprint density at radius 1 is 1.25 bits per heavy atom. The number of nitrogens with zero attached hydrogens (tertiary/aromatic N) is 2. The van der Waals surface area contributed by atoms with Crippen LogP contribution in [0.15, 0.2) is 31.0 Å². The van der Waals surface area contributed by atoms with Gasteiger partial charge in [0, 0.05) is 43.5 Å². The maximum Gasteiger partial charge on any atom is 0.0585 e. The predicted octanol–water partition coefficient (Wildman–Crippen LogP) is 6.80. The number of benzene rings is 1. The SMILES string of the molecule is C=CNCC(C)C(CCC)N1Cc2c(NC3CCCC(CC(C)(C)C)C3)cccc2N1C. The number of hydrogen-bond donors (Lipinski definition) is 2. The lowest BCUT2D eigenvalue weighted by atomic mass is 9.76. The standard InChI is InChI=1S/C28H48N4/c1-8-12-26(21(3)19-29-9-2)32-20-24-25(15-11-16-27(24)31(32)7)30-23-14-10-13-22(17-23)18-28(4,5)6/h9,11,15-16,21-23,26,29-30H,2,8,10,12-14,17-20H2,1,3-7H3. The maximum atomic E-state index is 3.99. The van der Waals surface area contributed by atoms with E-state index in [9.17, 15) is 0 Å². The molecule has 1 saturated carbocycles. The van der Waals surface area contributed by atoms with Crippen LogP contribution in [-0.2, 0) is 6.54 Å². The van der Waals surface area contributed by atoms with Crippen LogP contribution in [0.4, 0.5) is 11.4 Å². The molecular weight excluding hydrogens is 392 g/mol. The molecular formula is C28H48N4. The van der Waals surface area contributed by atoms with Crippen molar-refractivity contribution in [2.45, 2.75) is 98.2 Å². The Morgan fingerprint density at radius 3 is 2.72 bits per heavy atom. The van der Waals surface area contributed by atoms with Gasteiger partial charge in [0.25, 0.3) is 0 Å². The summed E-state index contributed by atoms with van der Waals surface area (Å²) in [6.45, 7) is 17.6. The minimum absolute atomic E-state index is 0.426. The average Bonchev–Trinajstić information content (AvgIpc) is 3.06. The van der Waals surface area contributed by atoms with Gasteiger partial charge in [0.15, 0.2) is 0 Å². The molecule has 3 rings (SSSR count). The van der Waals surface area contributed by atoms with Crippen LogP contribution in [0.3, 0.4) is 0 Å². The van der Waals surface area contributed by atoms with Crippen molar-refractivity contribution in [3.8, 4) is 0 Å². The normalized spacial score (nSPS) is 23.5. The Kier molecular flexibility index (Phi) is 8.55.